The fourth-order valence-electron chi connectivity index (χ4n) is 7.77. The van der Waals surface area contributed by atoms with Crippen molar-refractivity contribution in [1.82, 2.24) is 14.7 Å². The zero-order chi connectivity index (χ0) is 47.2. The van der Waals surface area contributed by atoms with Gasteiger partial charge in [-0.15, -0.1) is 0 Å². The van der Waals surface area contributed by atoms with Gasteiger partial charge >= 0.3 is 5.51 Å². The summed E-state index contributed by atoms with van der Waals surface area (Å²) in [6.45, 7) is 4.92. The highest BCUT2D eigenvalue weighted by atomic mass is 35.5. The van der Waals surface area contributed by atoms with Gasteiger partial charge in [-0.25, -0.2) is 26.5 Å². The molecular weight excluding hydrogens is 923 g/mol. The van der Waals surface area contributed by atoms with E-state index in [2.05, 4.69) is 15.3 Å². The monoisotopic (exact) mass is 969 g/mol. The smallest absolute Gasteiger partial charge is 0.455 e. The zero-order valence-corrected chi connectivity index (χ0v) is 38.1. The van der Waals surface area contributed by atoms with E-state index in [-0.39, 0.29) is 49.2 Å². The van der Waals surface area contributed by atoms with E-state index in [0.29, 0.717) is 53.7 Å². The number of piperidine rings is 1. The molecule has 350 valence electrons. The average Bonchev–Trinajstić information content (AvgIpc) is 3.77. The molecule has 0 bridgehead atoms. The van der Waals surface area contributed by atoms with Crippen LogP contribution in [0.2, 0.25) is 5.02 Å². The standard InChI is InChI=1S/C46H47ClF3N5O9S2/c1-3-62-42(63-4-2)18-22-51-39-16-14-35(27-41(39)65(58,59)46(48,49)50)66(60,61)54-45(57)38-15-13-33(26-40(38)64-34-25-31-17-21-52-44(31)53-28-34)55-23-19-30(20-24-55)43(56)37-8-6-5-7-36(37)29-9-11-32(47)12-10-29/h5-17,21,25-28,30,42-43,51,56H,3-4,18-20,22-24H2,1-2H3,(H,52,53)(H,54,57)/t43-/m0/s1. The normalized spacial score (nSPS) is 14.4. The van der Waals surface area contributed by atoms with Crippen molar-refractivity contribution in [3.05, 3.63) is 126 Å². The first kappa shape index (κ1) is 48.2. The lowest BCUT2D eigenvalue weighted by Gasteiger charge is -2.36. The number of nitrogens with zero attached hydrogens (tertiary/aromatic N) is 2. The number of benzene rings is 4. The number of rotatable bonds is 18. The minimum Gasteiger partial charge on any atom is -0.455 e. The Hall–Kier alpha value is -5.70. The third kappa shape index (κ3) is 10.9. The molecule has 1 aliphatic heterocycles. The fourth-order valence-corrected chi connectivity index (χ4v) is 9.92. The van der Waals surface area contributed by atoms with Gasteiger partial charge in [-0.2, -0.15) is 13.2 Å². The predicted octanol–water partition coefficient (Wildman–Crippen LogP) is 9.24. The highest BCUT2D eigenvalue weighted by Gasteiger charge is 2.48. The SMILES string of the molecule is CCOC(CCNc1ccc(S(=O)(=O)NC(=O)c2ccc(N3CCC([C@H](O)c4ccccc4-c4ccc(Cl)cc4)CC3)cc2Oc2cnc3[nH]ccc3c2)cc1S(=O)(=O)C(F)(F)F)OCC. The van der Waals surface area contributed by atoms with Crippen molar-refractivity contribution in [3.8, 4) is 22.6 Å². The van der Waals surface area contributed by atoms with E-state index in [1.807, 2.05) is 46.0 Å². The van der Waals surface area contributed by atoms with Crippen molar-refractivity contribution in [2.45, 2.75) is 60.8 Å². The number of anilines is 2. The lowest BCUT2D eigenvalue weighted by atomic mass is 9.84. The molecule has 0 radical (unpaired) electrons. The molecule has 66 heavy (non-hydrogen) atoms. The van der Waals surface area contributed by atoms with Gasteiger partial charge in [0.2, 0.25) is 0 Å². The number of aliphatic hydroxyl groups excluding tert-OH is 1. The molecule has 1 saturated heterocycles. The molecule has 2 aromatic heterocycles. The van der Waals surface area contributed by atoms with Crippen molar-refractivity contribution in [1.29, 1.82) is 0 Å². The average molecular weight is 970 g/mol. The molecule has 0 aliphatic carbocycles. The first-order valence-corrected chi connectivity index (χ1v) is 24.4. The Balaban J connectivity index is 1.13. The number of halogens is 4. The summed E-state index contributed by atoms with van der Waals surface area (Å²) in [5.74, 6) is -1.18. The van der Waals surface area contributed by atoms with Crippen LogP contribution in [0.15, 0.2) is 119 Å². The summed E-state index contributed by atoms with van der Waals surface area (Å²) in [6.07, 6.45) is 2.90. The highest BCUT2D eigenvalue weighted by molar-refractivity contribution is 7.92. The number of ether oxygens (including phenoxy) is 3. The number of sulfone groups is 1. The number of alkyl halides is 3. The zero-order valence-electron chi connectivity index (χ0n) is 35.7. The number of fused-ring (bicyclic) bond motifs is 1. The molecule has 1 fully saturated rings. The first-order chi connectivity index (χ1) is 31.5. The van der Waals surface area contributed by atoms with E-state index >= 15 is 0 Å². The van der Waals surface area contributed by atoms with Crippen molar-refractivity contribution >= 4 is 59.8 Å². The molecule has 1 atom stereocenters. The summed E-state index contributed by atoms with van der Waals surface area (Å²) in [7, 11) is -11.1. The number of carbonyl (C=O) groups is 1. The Morgan fingerprint density at radius 2 is 1.65 bits per heavy atom. The van der Waals surface area contributed by atoms with Crippen LogP contribution in [0.5, 0.6) is 11.5 Å². The van der Waals surface area contributed by atoms with Gasteiger partial charge in [0.25, 0.3) is 25.8 Å². The molecule has 3 heterocycles. The van der Waals surface area contributed by atoms with Crippen molar-refractivity contribution in [2.75, 3.05) is 43.1 Å². The van der Waals surface area contributed by atoms with Crippen LogP contribution < -0.4 is 19.7 Å². The maximum absolute atomic E-state index is 14.0. The van der Waals surface area contributed by atoms with E-state index in [4.69, 9.17) is 25.8 Å². The van der Waals surface area contributed by atoms with Gasteiger partial charge in [0.05, 0.1) is 28.4 Å². The molecular formula is C46H47ClF3N5O9S2. The maximum atomic E-state index is 14.0. The first-order valence-electron chi connectivity index (χ1n) is 21.0. The van der Waals surface area contributed by atoms with Gasteiger partial charge in [0.1, 0.15) is 22.0 Å². The molecule has 20 heteroatoms. The number of amides is 1. The predicted molar refractivity (Wildman–Crippen MR) is 244 cm³/mol. The minimum absolute atomic E-state index is 0.0757. The Morgan fingerprint density at radius 3 is 2.35 bits per heavy atom. The molecule has 7 rings (SSSR count). The van der Waals surface area contributed by atoms with Crippen LogP contribution in [-0.4, -0.2) is 82.5 Å². The summed E-state index contributed by atoms with van der Waals surface area (Å²) in [5.41, 5.74) is -2.78. The number of aromatic nitrogens is 2. The Bertz CT molecular complexity index is 2890. The number of pyridine rings is 1. The molecule has 4 aromatic carbocycles. The second-order valence-corrected chi connectivity index (χ2v) is 19.4. The molecule has 14 nitrogen and oxygen atoms in total. The van der Waals surface area contributed by atoms with E-state index in [9.17, 15) is 39.9 Å². The third-order valence-corrected chi connectivity index (χ3v) is 14.2. The van der Waals surface area contributed by atoms with Crippen LogP contribution in [0.3, 0.4) is 0 Å². The van der Waals surface area contributed by atoms with Crippen molar-refractivity contribution in [2.24, 2.45) is 5.92 Å². The fraction of sp³-hybridized carbons (Fsp3) is 0.304. The number of nitrogens with one attached hydrogen (secondary N) is 3. The number of aliphatic hydroxyl groups is 1. The number of H-pyrrole nitrogens is 1. The summed E-state index contributed by atoms with van der Waals surface area (Å²) >= 11 is 6.13. The van der Waals surface area contributed by atoms with Gasteiger partial charge in [0.15, 0.2) is 6.29 Å². The van der Waals surface area contributed by atoms with Crippen LogP contribution in [-0.2, 0) is 29.3 Å². The number of aromatic amines is 1. The molecule has 1 amide bonds. The van der Waals surface area contributed by atoms with Crippen LogP contribution in [0.4, 0.5) is 24.5 Å². The Kier molecular flexibility index (Phi) is 14.9. The van der Waals surface area contributed by atoms with Gasteiger partial charge in [0, 0.05) is 67.6 Å². The van der Waals surface area contributed by atoms with Gasteiger partial charge in [-0.3, -0.25) is 4.79 Å². The van der Waals surface area contributed by atoms with Gasteiger partial charge < -0.3 is 34.5 Å². The van der Waals surface area contributed by atoms with Crippen molar-refractivity contribution in [3.63, 3.8) is 0 Å². The summed E-state index contributed by atoms with van der Waals surface area (Å²) in [5, 5.41) is 15.6. The molecule has 0 saturated carbocycles. The van der Waals surface area contributed by atoms with E-state index in [1.165, 1.54) is 12.3 Å². The third-order valence-electron chi connectivity index (χ3n) is 11.1. The molecule has 1 aliphatic rings. The molecule has 6 aromatic rings. The molecule has 0 spiro atoms. The van der Waals surface area contributed by atoms with Crippen LogP contribution in [0.25, 0.3) is 22.2 Å². The lowest BCUT2D eigenvalue weighted by Crippen LogP contribution is -2.36. The summed E-state index contributed by atoms with van der Waals surface area (Å²) < 4.78 is 114. The molecule has 4 N–H and O–H groups in total. The maximum Gasteiger partial charge on any atom is 0.501 e. The number of hydrogen-bond donors (Lipinski definition) is 4. The van der Waals surface area contributed by atoms with E-state index in [1.54, 1.807) is 56.4 Å². The van der Waals surface area contributed by atoms with Gasteiger partial charge in [-0.1, -0.05) is 48.0 Å². The van der Waals surface area contributed by atoms with E-state index < -0.39 is 59.1 Å². The number of carbonyl (C=O) groups excluding carboxylic acids is 1. The van der Waals surface area contributed by atoms with Crippen LogP contribution in [0, 0.1) is 5.92 Å². The lowest BCUT2D eigenvalue weighted by molar-refractivity contribution is -0.137. The Morgan fingerprint density at radius 1 is 0.939 bits per heavy atom. The van der Waals surface area contributed by atoms with Crippen molar-refractivity contribution < 1.29 is 54.1 Å². The molecule has 0 unspecified atom stereocenters. The highest BCUT2D eigenvalue weighted by Crippen LogP contribution is 2.40. The van der Waals surface area contributed by atoms with Gasteiger partial charge in [-0.05, 0) is 104 Å². The van der Waals surface area contributed by atoms with E-state index in [0.717, 1.165) is 28.8 Å². The topological polar surface area (TPSA) is 189 Å². The second kappa shape index (κ2) is 20.4. The van der Waals surface area contributed by atoms with Crippen LogP contribution >= 0.6 is 11.6 Å². The quantitative estimate of drug-likeness (QED) is 0.0599. The van der Waals surface area contributed by atoms with Crippen LogP contribution in [0.1, 0.15) is 55.1 Å². The summed E-state index contributed by atoms with van der Waals surface area (Å²) in [4.78, 5) is 21.0. The second-order valence-electron chi connectivity index (χ2n) is 15.3. The number of sulfonamides is 1. The minimum atomic E-state index is -6.10. The largest absolute Gasteiger partial charge is 0.501 e. The summed E-state index contributed by atoms with van der Waals surface area (Å²) in [6, 6.07) is 25.1. The number of hydrogen-bond acceptors (Lipinski definition) is 12. The Labute approximate surface area is 385 Å².